The van der Waals surface area contributed by atoms with Gasteiger partial charge in [0.15, 0.2) is 11.5 Å². The maximum Gasteiger partial charge on any atom is 0.231 e. The molecule has 0 bridgehead atoms. The van der Waals surface area contributed by atoms with Crippen LogP contribution in [-0.2, 0) is 11.2 Å². The van der Waals surface area contributed by atoms with Crippen LogP contribution >= 0.6 is 11.6 Å². The van der Waals surface area contributed by atoms with Crippen molar-refractivity contribution >= 4 is 11.6 Å². The van der Waals surface area contributed by atoms with Crippen LogP contribution in [0.25, 0.3) is 0 Å². The van der Waals surface area contributed by atoms with Crippen molar-refractivity contribution in [1.29, 1.82) is 0 Å². The molecular weight excluding hydrogens is 400 g/mol. The van der Waals surface area contributed by atoms with E-state index in [1.807, 2.05) is 31.2 Å². The Labute approximate surface area is 173 Å². The maximum atomic E-state index is 10.5. The Balaban J connectivity index is 1.75. The fraction of sp³-hybridized carbons (Fsp3) is 0.429. The van der Waals surface area contributed by atoms with Gasteiger partial charge in [-0.1, -0.05) is 41.4 Å². The first-order chi connectivity index (χ1) is 13.9. The zero-order valence-electron chi connectivity index (χ0n) is 15.8. The van der Waals surface area contributed by atoms with E-state index in [0.717, 1.165) is 16.7 Å². The molecule has 2 heterocycles. The summed E-state index contributed by atoms with van der Waals surface area (Å²) in [6, 6.07) is 9.78. The van der Waals surface area contributed by atoms with Crippen molar-refractivity contribution < 1.29 is 34.6 Å². The van der Waals surface area contributed by atoms with E-state index in [4.69, 9.17) is 25.8 Å². The van der Waals surface area contributed by atoms with Crippen molar-refractivity contribution in [3.8, 4) is 11.5 Å². The SMILES string of the molecule is Cc1ccc(Cc2cc([C@@H]3O[C@H](CO)[C@@H](O)[C@H](O)[C@H]3O)c3c(c2Cl)OCO3)cc1. The number of aliphatic hydroxyl groups is 4. The average molecular weight is 423 g/mol. The van der Waals surface area contributed by atoms with Gasteiger partial charge in [0, 0.05) is 5.56 Å². The molecule has 1 saturated heterocycles. The smallest absolute Gasteiger partial charge is 0.231 e. The Morgan fingerprint density at radius 2 is 1.69 bits per heavy atom. The molecule has 0 aromatic heterocycles. The highest BCUT2D eigenvalue weighted by Crippen LogP contribution is 2.49. The predicted molar refractivity (Wildman–Crippen MR) is 104 cm³/mol. The number of fused-ring (bicyclic) bond motifs is 1. The second kappa shape index (κ2) is 8.10. The first-order valence-corrected chi connectivity index (χ1v) is 9.75. The summed E-state index contributed by atoms with van der Waals surface area (Å²) in [6.07, 6.45) is -5.88. The number of aryl methyl sites for hydroxylation is 1. The Morgan fingerprint density at radius 1 is 1.00 bits per heavy atom. The van der Waals surface area contributed by atoms with Crippen LogP contribution in [0.5, 0.6) is 11.5 Å². The molecule has 0 aliphatic carbocycles. The van der Waals surface area contributed by atoms with Crippen LogP contribution in [-0.4, -0.2) is 58.2 Å². The summed E-state index contributed by atoms with van der Waals surface area (Å²) in [6.45, 7) is 1.47. The molecule has 2 aromatic rings. The van der Waals surface area contributed by atoms with Gasteiger partial charge in [-0.15, -0.1) is 0 Å². The second-order valence-electron chi connectivity index (χ2n) is 7.42. The maximum absolute atomic E-state index is 10.5. The highest BCUT2D eigenvalue weighted by atomic mass is 35.5. The van der Waals surface area contributed by atoms with Crippen LogP contribution in [0, 0.1) is 6.92 Å². The molecule has 1 fully saturated rings. The van der Waals surface area contributed by atoms with Crippen LogP contribution in [0.15, 0.2) is 30.3 Å². The van der Waals surface area contributed by atoms with E-state index in [-0.39, 0.29) is 6.79 Å². The molecule has 156 valence electrons. The average Bonchev–Trinajstić information content (AvgIpc) is 3.21. The molecule has 4 N–H and O–H groups in total. The fourth-order valence-electron chi connectivity index (χ4n) is 3.74. The molecule has 7 nitrogen and oxygen atoms in total. The summed E-state index contributed by atoms with van der Waals surface area (Å²) < 4.78 is 16.8. The third-order valence-corrected chi connectivity index (χ3v) is 5.81. The molecular formula is C21H23ClO7. The minimum atomic E-state index is -1.49. The molecule has 4 rings (SSSR count). The molecule has 2 aromatic carbocycles. The molecule has 5 atom stereocenters. The summed E-state index contributed by atoms with van der Waals surface area (Å²) in [5, 5.41) is 40.7. The van der Waals surface area contributed by atoms with E-state index < -0.39 is 37.1 Å². The third-order valence-electron chi connectivity index (χ3n) is 5.40. The second-order valence-corrected chi connectivity index (χ2v) is 7.79. The van der Waals surface area contributed by atoms with Crippen LogP contribution in [0.4, 0.5) is 0 Å². The van der Waals surface area contributed by atoms with Gasteiger partial charge in [0.25, 0.3) is 0 Å². The molecule has 8 heteroatoms. The normalized spacial score (nSPS) is 28.6. The summed E-state index contributed by atoms with van der Waals surface area (Å²) in [7, 11) is 0. The number of rotatable bonds is 4. The van der Waals surface area contributed by atoms with Crippen LogP contribution in [0.2, 0.25) is 5.02 Å². The lowest BCUT2D eigenvalue weighted by atomic mass is 9.89. The van der Waals surface area contributed by atoms with Gasteiger partial charge in [-0.2, -0.15) is 0 Å². The number of ether oxygens (including phenoxy) is 3. The largest absolute Gasteiger partial charge is 0.453 e. The van der Waals surface area contributed by atoms with E-state index in [2.05, 4.69) is 0 Å². The predicted octanol–water partition coefficient (Wildman–Crippen LogP) is 1.48. The Bertz CT molecular complexity index is 884. The van der Waals surface area contributed by atoms with Gasteiger partial charge in [-0.25, -0.2) is 0 Å². The van der Waals surface area contributed by atoms with E-state index >= 15 is 0 Å². The van der Waals surface area contributed by atoms with Crippen molar-refractivity contribution in [3.63, 3.8) is 0 Å². The highest BCUT2D eigenvalue weighted by Gasteiger charge is 2.46. The summed E-state index contributed by atoms with van der Waals surface area (Å²) in [5.74, 6) is 0.676. The molecule has 0 radical (unpaired) electrons. The van der Waals surface area contributed by atoms with Crippen LogP contribution in [0.1, 0.15) is 28.4 Å². The van der Waals surface area contributed by atoms with Gasteiger partial charge in [0.2, 0.25) is 6.79 Å². The van der Waals surface area contributed by atoms with E-state index in [1.165, 1.54) is 0 Å². The lowest BCUT2D eigenvalue weighted by molar-refractivity contribution is -0.232. The quantitative estimate of drug-likeness (QED) is 0.591. The van der Waals surface area contributed by atoms with Crippen LogP contribution in [0.3, 0.4) is 0 Å². The van der Waals surface area contributed by atoms with Crippen molar-refractivity contribution in [1.82, 2.24) is 0 Å². The zero-order valence-corrected chi connectivity index (χ0v) is 16.5. The topological polar surface area (TPSA) is 109 Å². The summed E-state index contributed by atoms with van der Waals surface area (Å²) in [4.78, 5) is 0. The van der Waals surface area contributed by atoms with Gasteiger partial charge in [-0.05, 0) is 30.5 Å². The van der Waals surface area contributed by atoms with Crippen LogP contribution < -0.4 is 9.47 Å². The van der Waals surface area contributed by atoms with E-state index in [9.17, 15) is 20.4 Å². The highest BCUT2D eigenvalue weighted by molar-refractivity contribution is 6.33. The first kappa shape index (κ1) is 20.4. The van der Waals surface area contributed by atoms with Gasteiger partial charge in [0.05, 0.1) is 11.6 Å². The lowest BCUT2D eigenvalue weighted by Crippen LogP contribution is -2.55. The molecule has 2 aliphatic rings. The molecule has 0 unspecified atom stereocenters. The molecule has 0 saturated carbocycles. The van der Waals surface area contributed by atoms with E-state index in [1.54, 1.807) is 6.07 Å². The first-order valence-electron chi connectivity index (χ1n) is 9.37. The fourth-order valence-corrected chi connectivity index (χ4v) is 4.00. The van der Waals surface area contributed by atoms with Gasteiger partial charge in [0.1, 0.15) is 30.5 Å². The monoisotopic (exact) mass is 422 g/mol. The van der Waals surface area contributed by atoms with E-state index in [0.29, 0.717) is 28.5 Å². The Morgan fingerprint density at radius 3 is 2.38 bits per heavy atom. The third kappa shape index (κ3) is 3.70. The zero-order chi connectivity index (χ0) is 20.7. The van der Waals surface area contributed by atoms with Crippen molar-refractivity contribution in [2.24, 2.45) is 0 Å². The Kier molecular flexibility index (Phi) is 5.70. The van der Waals surface area contributed by atoms with Gasteiger partial charge >= 0.3 is 0 Å². The van der Waals surface area contributed by atoms with Gasteiger partial charge < -0.3 is 34.6 Å². The summed E-state index contributed by atoms with van der Waals surface area (Å²) >= 11 is 6.55. The number of benzene rings is 2. The minimum absolute atomic E-state index is 0.0343. The van der Waals surface area contributed by atoms with Crippen molar-refractivity contribution in [3.05, 3.63) is 57.6 Å². The Hall–Kier alpha value is -1.87. The molecule has 29 heavy (non-hydrogen) atoms. The van der Waals surface area contributed by atoms with Gasteiger partial charge in [-0.3, -0.25) is 0 Å². The lowest BCUT2D eigenvalue weighted by Gasteiger charge is -2.40. The molecule has 0 amide bonds. The summed E-state index contributed by atoms with van der Waals surface area (Å²) in [5.41, 5.74) is 3.37. The number of aliphatic hydroxyl groups excluding tert-OH is 4. The number of hydrogen-bond acceptors (Lipinski definition) is 7. The molecule has 0 spiro atoms. The standard InChI is InChI=1S/C21H23ClO7/c1-10-2-4-11(5-3-10)6-12-7-13(20-21(15(12)22)28-9-27-20)19-18(26)17(25)16(24)14(8-23)29-19/h2-5,7,14,16-19,23-26H,6,8-9H2,1H3/t14-,16-,17+,18-,19+/m1/s1. The minimum Gasteiger partial charge on any atom is -0.453 e. The van der Waals surface area contributed by atoms with Crippen molar-refractivity contribution in [2.45, 2.75) is 43.9 Å². The number of halogens is 1. The molecule has 2 aliphatic heterocycles. The number of hydrogen-bond donors (Lipinski definition) is 4. The van der Waals surface area contributed by atoms with Crippen molar-refractivity contribution in [2.75, 3.05) is 13.4 Å².